The zero-order valence-corrected chi connectivity index (χ0v) is 11.0. The van der Waals surface area contributed by atoms with Crippen LogP contribution in [0.3, 0.4) is 0 Å². The Balaban J connectivity index is 2.79. The van der Waals surface area contributed by atoms with Crippen molar-refractivity contribution >= 4 is 11.9 Å². The monoisotopic (exact) mass is 265 g/mol. The van der Waals surface area contributed by atoms with Crippen molar-refractivity contribution < 1.29 is 19.4 Å². The Morgan fingerprint density at radius 1 is 1.32 bits per heavy atom. The molecule has 104 valence electrons. The third-order valence-corrected chi connectivity index (χ3v) is 2.80. The summed E-state index contributed by atoms with van der Waals surface area (Å²) in [4.78, 5) is 23.1. The molecule has 1 aromatic rings. The molecule has 0 heterocycles. The molecule has 3 N–H and O–H groups in total. The maximum Gasteiger partial charge on any atom is 0.338 e. The third-order valence-electron chi connectivity index (χ3n) is 2.80. The highest BCUT2D eigenvalue weighted by atomic mass is 16.5. The predicted molar refractivity (Wildman–Crippen MR) is 70.6 cm³/mol. The van der Waals surface area contributed by atoms with Gasteiger partial charge in [-0.3, -0.25) is 0 Å². The van der Waals surface area contributed by atoms with Crippen LogP contribution in [0.1, 0.15) is 25.3 Å². The van der Waals surface area contributed by atoms with Crippen molar-refractivity contribution in [2.75, 3.05) is 6.61 Å². The Labute approximate surface area is 112 Å². The van der Waals surface area contributed by atoms with Crippen LogP contribution in [0, 0.1) is 0 Å². The molecular formula is C14H19NO4. The van der Waals surface area contributed by atoms with Crippen LogP contribution in [0.15, 0.2) is 30.3 Å². The third kappa shape index (κ3) is 4.06. The normalized spacial score (nSPS) is 13.6. The topological polar surface area (TPSA) is 89.6 Å². The lowest BCUT2D eigenvalue weighted by molar-refractivity contribution is -0.161. The second-order valence-corrected chi connectivity index (χ2v) is 4.43. The summed E-state index contributed by atoms with van der Waals surface area (Å²) < 4.78 is 4.94. The molecule has 1 aromatic carbocycles. The molecule has 0 saturated heterocycles. The van der Waals surface area contributed by atoms with Gasteiger partial charge in [-0.25, -0.2) is 9.59 Å². The molecule has 0 aromatic heterocycles. The lowest BCUT2D eigenvalue weighted by atomic mass is 9.92. The number of esters is 1. The summed E-state index contributed by atoms with van der Waals surface area (Å²) in [7, 11) is 0. The van der Waals surface area contributed by atoms with E-state index in [1.165, 1.54) is 0 Å². The van der Waals surface area contributed by atoms with E-state index >= 15 is 0 Å². The van der Waals surface area contributed by atoms with Crippen LogP contribution in [0.4, 0.5) is 0 Å². The van der Waals surface area contributed by atoms with E-state index in [9.17, 15) is 14.7 Å². The van der Waals surface area contributed by atoms with Crippen molar-refractivity contribution in [3.05, 3.63) is 35.9 Å². The number of rotatable bonds is 7. The molecule has 0 fully saturated rings. The molecule has 0 saturated carbocycles. The Bertz CT molecular complexity index is 432. The maximum atomic E-state index is 11.9. The molecule has 0 aliphatic rings. The van der Waals surface area contributed by atoms with E-state index in [0.29, 0.717) is 12.0 Å². The summed E-state index contributed by atoms with van der Waals surface area (Å²) in [5.41, 5.74) is 4.37. The second kappa shape index (κ2) is 6.89. The molecule has 0 amide bonds. The molecule has 1 rings (SSSR count). The number of carbonyl (C=O) groups is 2. The molecule has 19 heavy (non-hydrogen) atoms. The fourth-order valence-corrected chi connectivity index (χ4v) is 1.59. The number of carbonyl (C=O) groups excluding carboxylic acids is 1. The SMILES string of the molecule is CCCCOC(=O)[C@](N)(Cc1ccccc1)C(=O)O. The van der Waals surface area contributed by atoms with Crippen molar-refractivity contribution in [2.45, 2.75) is 31.7 Å². The molecule has 5 nitrogen and oxygen atoms in total. The highest BCUT2D eigenvalue weighted by Crippen LogP contribution is 2.14. The quantitative estimate of drug-likeness (QED) is 0.441. The molecule has 0 radical (unpaired) electrons. The number of carboxylic acids is 1. The largest absolute Gasteiger partial charge is 0.479 e. The fourth-order valence-electron chi connectivity index (χ4n) is 1.59. The van der Waals surface area contributed by atoms with Crippen LogP contribution in [-0.4, -0.2) is 29.2 Å². The number of hydrogen-bond donors (Lipinski definition) is 2. The highest BCUT2D eigenvalue weighted by molar-refractivity contribution is 6.04. The standard InChI is InChI=1S/C14H19NO4/c1-2-3-9-19-13(18)14(15,12(16)17)10-11-7-5-4-6-8-11/h4-8H,2-3,9-10,15H2,1H3,(H,16,17)/t14-/m0/s1. The Morgan fingerprint density at radius 3 is 2.47 bits per heavy atom. The van der Waals surface area contributed by atoms with E-state index in [2.05, 4.69) is 0 Å². The summed E-state index contributed by atoms with van der Waals surface area (Å²) in [6.45, 7) is 2.14. The first-order valence-electron chi connectivity index (χ1n) is 6.24. The lowest BCUT2D eigenvalue weighted by Crippen LogP contribution is -2.57. The van der Waals surface area contributed by atoms with Crippen LogP contribution in [0.5, 0.6) is 0 Å². The summed E-state index contributed by atoms with van der Waals surface area (Å²) in [6.07, 6.45) is 1.46. The van der Waals surface area contributed by atoms with E-state index in [4.69, 9.17) is 10.5 Å². The van der Waals surface area contributed by atoms with Crippen LogP contribution in [0.25, 0.3) is 0 Å². The van der Waals surface area contributed by atoms with Crippen LogP contribution >= 0.6 is 0 Å². The molecule has 0 bridgehead atoms. The van der Waals surface area contributed by atoms with Gasteiger partial charge in [0.1, 0.15) is 0 Å². The van der Waals surface area contributed by atoms with Gasteiger partial charge in [0.15, 0.2) is 0 Å². The highest BCUT2D eigenvalue weighted by Gasteiger charge is 2.44. The van der Waals surface area contributed by atoms with Gasteiger partial charge in [0, 0.05) is 6.42 Å². The van der Waals surface area contributed by atoms with Gasteiger partial charge in [0.25, 0.3) is 0 Å². The first kappa shape index (κ1) is 15.2. The minimum Gasteiger partial charge on any atom is -0.479 e. The lowest BCUT2D eigenvalue weighted by Gasteiger charge is -2.22. The predicted octanol–water partition coefficient (Wildman–Crippen LogP) is 1.35. The van der Waals surface area contributed by atoms with Crippen molar-refractivity contribution in [2.24, 2.45) is 5.73 Å². The summed E-state index contributed by atoms with van der Waals surface area (Å²) in [5.74, 6) is -2.27. The van der Waals surface area contributed by atoms with Crippen molar-refractivity contribution in [1.29, 1.82) is 0 Å². The first-order chi connectivity index (χ1) is 9.00. The zero-order chi connectivity index (χ0) is 14.3. The van der Waals surface area contributed by atoms with Crippen LogP contribution in [-0.2, 0) is 20.7 Å². The Morgan fingerprint density at radius 2 is 1.95 bits per heavy atom. The number of carboxylic acid groups (broad SMARTS) is 1. The molecule has 0 unspecified atom stereocenters. The minimum absolute atomic E-state index is 0.0892. The summed E-state index contributed by atoms with van der Waals surface area (Å²) >= 11 is 0. The van der Waals surface area contributed by atoms with Crippen molar-refractivity contribution in [3.8, 4) is 0 Å². The molecule has 0 aliphatic heterocycles. The second-order valence-electron chi connectivity index (χ2n) is 4.43. The molecule has 0 spiro atoms. The Hall–Kier alpha value is -1.88. The summed E-state index contributed by atoms with van der Waals surface area (Å²) in [6, 6.07) is 8.79. The van der Waals surface area contributed by atoms with Gasteiger partial charge in [0.2, 0.25) is 5.54 Å². The smallest absolute Gasteiger partial charge is 0.338 e. The van der Waals surface area contributed by atoms with Gasteiger partial charge in [-0.1, -0.05) is 43.7 Å². The molecule has 0 aliphatic carbocycles. The fraction of sp³-hybridized carbons (Fsp3) is 0.429. The van der Waals surface area contributed by atoms with Gasteiger partial charge in [-0.15, -0.1) is 0 Å². The number of ether oxygens (including phenoxy) is 1. The van der Waals surface area contributed by atoms with Crippen molar-refractivity contribution in [1.82, 2.24) is 0 Å². The van der Waals surface area contributed by atoms with E-state index in [0.717, 1.165) is 6.42 Å². The molecule has 1 atom stereocenters. The van der Waals surface area contributed by atoms with Crippen LogP contribution < -0.4 is 5.73 Å². The van der Waals surface area contributed by atoms with Gasteiger partial charge in [-0.05, 0) is 12.0 Å². The number of aliphatic carboxylic acids is 1. The first-order valence-corrected chi connectivity index (χ1v) is 6.24. The summed E-state index contributed by atoms with van der Waals surface area (Å²) in [5, 5.41) is 9.19. The maximum absolute atomic E-state index is 11.9. The average Bonchev–Trinajstić information content (AvgIpc) is 2.39. The Kier molecular flexibility index (Phi) is 5.51. The van der Waals surface area contributed by atoms with E-state index < -0.39 is 17.5 Å². The van der Waals surface area contributed by atoms with E-state index in [1.807, 2.05) is 13.0 Å². The average molecular weight is 265 g/mol. The number of benzene rings is 1. The van der Waals surface area contributed by atoms with Crippen LogP contribution in [0.2, 0.25) is 0 Å². The van der Waals surface area contributed by atoms with E-state index in [-0.39, 0.29) is 13.0 Å². The zero-order valence-electron chi connectivity index (χ0n) is 11.0. The minimum atomic E-state index is -2.03. The van der Waals surface area contributed by atoms with Gasteiger partial charge < -0.3 is 15.6 Å². The number of hydrogen-bond acceptors (Lipinski definition) is 4. The molecule has 5 heteroatoms. The van der Waals surface area contributed by atoms with Gasteiger partial charge in [0.05, 0.1) is 6.61 Å². The van der Waals surface area contributed by atoms with Gasteiger partial charge in [-0.2, -0.15) is 0 Å². The van der Waals surface area contributed by atoms with Gasteiger partial charge >= 0.3 is 11.9 Å². The van der Waals surface area contributed by atoms with Crippen molar-refractivity contribution in [3.63, 3.8) is 0 Å². The van der Waals surface area contributed by atoms with E-state index in [1.54, 1.807) is 24.3 Å². The number of nitrogens with two attached hydrogens (primary N) is 1. The number of unbranched alkanes of at least 4 members (excludes halogenated alkanes) is 1. The molecular weight excluding hydrogens is 246 g/mol.